The van der Waals surface area contributed by atoms with Crippen LogP contribution in [0, 0.1) is 0 Å². The molecular formula is C29H22BNO2. The fourth-order valence-corrected chi connectivity index (χ4v) is 3.91. The number of hydrogen-bond acceptors (Lipinski definition) is 3. The predicted octanol–water partition coefficient (Wildman–Crippen LogP) is 5.43. The van der Waals surface area contributed by atoms with Gasteiger partial charge >= 0.3 is 7.12 Å². The third-order valence-corrected chi connectivity index (χ3v) is 5.72. The first kappa shape index (κ1) is 20.9. The lowest BCUT2D eigenvalue weighted by Gasteiger charge is -2.11. The summed E-state index contributed by atoms with van der Waals surface area (Å²) in [5.41, 5.74) is 8.69. The summed E-state index contributed by atoms with van der Waals surface area (Å²) in [5.74, 6) is 0. The fraction of sp³-hybridized carbons (Fsp3) is 0. The van der Waals surface area contributed by atoms with Crippen molar-refractivity contribution in [2.24, 2.45) is 0 Å². The number of hydrogen-bond donors (Lipinski definition) is 2. The summed E-state index contributed by atoms with van der Waals surface area (Å²) < 4.78 is 0. The first-order chi connectivity index (χ1) is 16.2. The van der Waals surface area contributed by atoms with Crippen molar-refractivity contribution in [3.8, 4) is 44.8 Å². The van der Waals surface area contributed by atoms with Gasteiger partial charge in [-0.15, -0.1) is 0 Å². The van der Waals surface area contributed by atoms with Gasteiger partial charge in [-0.3, -0.25) is 0 Å². The first-order valence-electron chi connectivity index (χ1n) is 10.9. The molecule has 3 nitrogen and oxygen atoms in total. The minimum atomic E-state index is -1.48. The Morgan fingerprint density at radius 3 is 1.33 bits per heavy atom. The topological polar surface area (TPSA) is 53.4 Å². The predicted molar refractivity (Wildman–Crippen MR) is 136 cm³/mol. The molecule has 0 atom stereocenters. The lowest BCUT2D eigenvalue weighted by atomic mass is 9.80. The van der Waals surface area contributed by atoms with Gasteiger partial charge in [-0.1, -0.05) is 109 Å². The minimum Gasteiger partial charge on any atom is -0.423 e. The summed E-state index contributed by atoms with van der Waals surface area (Å²) in [6, 6.07) is 40.4. The Kier molecular flexibility index (Phi) is 5.86. The molecule has 0 saturated carbocycles. The molecule has 33 heavy (non-hydrogen) atoms. The summed E-state index contributed by atoms with van der Waals surface area (Å²) in [6.07, 6.45) is 0. The van der Waals surface area contributed by atoms with Crippen molar-refractivity contribution in [2.45, 2.75) is 0 Å². The van der Waals surface area contributed by atoms with E-state index in [0.717, 1.165) is 33.6 Å². The summed E-state index contributed by atoms with van der Waals surface area (Å²) in [5, 5.41) is 18.8. The quantitative estimate of drug-likeness (QED) is 0.368. The zero-order chi connectivity index (χ0) is 22.6. The van der Waals surface area contributed by atoms with E-state index in [1.807, 2.05) is 48.5 Å². The maximum absolute atomic E-state index is 9.42. The van der Waals surface area contributed by atoms with Crippen molar-refractivity contribution < 1.29 is 10.0 Å². The number of benzene rings is 4. The van der Waals surface area contributed by atoms with Gasteiger partial charge < -0.3 is 10.0 Å². The van der Waals surface area contributed by atoms with Crippen molar-refractivity contribution in [3.63, 3.8) is 0 Å². The van der Waals surface area contributed by atoms with Crippen LogP contribution in [0.1, 0.15) is 0 Å². The summed E-state index contributed by atoms with van der Waals surface area (Å²) in [6.45, 7) is 0. The molecule has 0 bridgehead atoms. The summed E-state index contributed by atoms with van der Waals surface area (Å²) in [7, 11) is -1.48. The van der Waals surface area contributed by atoms with Crippen LogP contribution in [0.2, 0.25) is 0 Å². The van der Waals surface area contributed by atoms with Gasteiger partial charge in [-0.05, 0) is 39.8 Å². The monoisotopic (exact) mass is 427 g/mol. The Morgan fingerprint density at radius 2 is 0.818 bits per heavy atom. The number of aromatic nitrogens is 1. The minimum absolute atomic E-state index is 0.453. The van der Waals surface area contributed by atoms with E-state index >= 15 is 0 Å². The molecule has 5 aromatic rings. The highest BCUT2D eigenvalue weighted by Gasteiger charge is 2.12. The zero-order valence-electron chi connectivity index (χ0n) is 18.0. The van der Waals surface area contributed by atoms with E-state index < -0.39 is 7.12 Å². The zero-order valence-corrected chi connectivity index (χ0v) is 18.0. The van der Waals surface area contributed by atoms with E-state index in [0.29, 0.717) is 5.46 Å². The standard InChI is InChI=1S/C29H22BNO2/c32-30(33)27-17-15-25(16-18-27)29-20-26(19-28(31-29)24-9-5-2-6-10-24)23-13-11-22(12-14-23)21-7-3-1-4-8-21/h1-20,32-33H. The van der Waals surface area contributed by atoms with E-state index in [1.165, 1.54) is 11.1 Å². The van der Waals surface area contributed by atoms with Gasteiger partial charge in [-0.25, -0.2) is 4.98 Å². The van der Waals surface area contributed by atoms with Crippen LogP contribution in [0.25, 0.3) is 44.8 Å². The van der Waals surface area contributed by atoms with Crippen LogP contribution >= 0.6 is 0 Å². The molecule has 0 aliphatic carbocycles. The van der Waals surface area contributed by atoms with Gasteiger partial charge in [-0.2, -0.15) is 0 Å². The molecule has 4 heteroatoms. The van der Waals surface area contributed by atoms with Crippen molar-refractivity contribution in [1.82, 2.24) is 4.98 Å². The molecule has 0 unspecified atom stereocenters. The molecule has 0 fully saturated rings. The van der Waals surface area contributed by atoms with Crippen LogP contribution in [-0.4, -0.2) is 22.2 Å². The highest BCUT2D eigenvalue weighted by atomic mass is 16.4. The lowest BCUT2D eigenvalue weighted by molar-refractivity contribution is 0.426. The molecule has 5 rings (SSSR count). The Labute approximate surface area is 193 Å². The highest BCUT2D eigenvalue weighted by molar-refractivity contribution is 6.58. The van der Waals surface area contributed by atoms with Crippen molar-refractivity contribution in [3.05, 3.63) is 121 Å². The van der Waals surface area contributed by atoms with E-state index in [-0.39, 0.29) is 0 Å². The van der Waals surface area contributed by atoms with Crippen molar-refractivity contribution >= 4 is 12.6 Å². The molecule has 0 spiro atoms. The number of pyridine rings is 1. The summed E-state index contributed by atoms with van der Waals surface area (Å²) in [4.78, 5) is 4.91. The molecule has 1 heterocycles. The second-order valence-corrected chi connectivity index (χ2v) is 7.93. The largest absolute Gasteiger partial charge is 0.488 e. The van der Waals surface area contributed by atoms with Gasteiger partial charge in [0.25, 0.3) is 0 Å². The average molecular weight is 427 g/mol. The fourth-order valence-electron chi connectivity index (χ4n) is 3.91. The molecule has 0 amide bonds. The third kappa shape index (κ3) is 4.63. The van der Waals surface area contributed by atoms with Crippen LogP contribution in [0.4, 0.5) is 0 Å². The molecule has 0 saturated heterocycles. The van der Waals surface area contributed by atoms with Crippen LogP contribution in [0.15, 0.2) is 121 Å². The van der Waals surface area contributed by atoms with Crippen molar-refractivity contribution in [1.29, 1.82) is 0 Å². The maximum atomic E-state index is 9.42. The van der Waals surface area contributed by atoms with Gasteiger partial charge in [0.05, 0.1) is 11.4 Å². The average Bonchev–Trinajstić information content (AvgIpc) is 2.89. The van der Waals surface area contributed by atoms with Gasteiger partial charge in [0, 0.05) is 11.1 Å². The third-order valence-electron chi connectivity index (χ3n) is 5.72. The molecule has 0 aliphatic rings. The maximum Gasteiger partial charge on any atom is 0.488 e. The molecular weight excluding hydrogens is 405 g/mol. The second-order valence-electron chi connectivity index (χ2n) is 7.93. The lowest BCUT2D eigenvalue weighted by Crippen LogP contribution is -2.29. The second kappa shape index (κ2) is 9.25. The van der Waals surface area contributed by atoms with E-state index in [9.17, 15) is 10.0 Å². The molecule has 1 aromatic heterocycles. The molecule has 4 aromatic carbocycles. The Balaban J connectivity index is 1.58. The molecule has 0 radical (unpaired) electrons. The molecule has 158 valence electrons. The van der Waals surface area contributed by atoms with Crippen LogP contribution in [-0.2, 0) is 0 Å². The highest BCUT2D eigenvalue weighted by Crippen LogP contribution is 2.31. The van der Waals surface area contributed by atoms with Crippen LogP contribution in [0.5, 0.6) is 0 Å². The molecule has 2 N–H and O–H groups in total. The van der Waals surface area contributed by atoms with Crippen molar-refractivity contribution in [2.75, 3.05) is 0 Å². The first-order valence-corrected chi connectivity index (χ1v) is 10.9. The summed E-state index contributed by atoms with van der Waals surface area (Å²) >= 11 is 0. The van der Waals surface area contributed by atoms with E-state index in [2.05, 4.69) is 60.7 Å². The Hall–Kier alpha value is -3.99. The van der Waals surface area contributed by atoms with Crippen LogP contribution < -0.4 is 5.46 Å². The smallest absolute Gasteiger partial charge is 0.423 e. The Morgan fingerprint density at radius 1 is 0.424 bits per heavy atom. The van der Waals surface area contributed by atoms with Gasteiger partial charge in [0.2, 0.25) is 0 Å². The van der Waals surface area contributed by atoms with E-state index in [1.54, 1.807) is 12.1 Å². The van der Waals surface area contributed by atoms with E-state index in [4.69, 9.17) is 4.98 Å². The van der Waals surface area contributed by atoms with Gasteiger partial charge in [0.1, 0.15) is 0 Å². The number of nitrogens with zero attached hydrogens (tertiary/aromatic N) is 1. The normalized spacial score (nSPS) is 10.7. The Bertz CT molecular complexity index is 1350. The number of rotatable bonds is 5. The SMILES string of the molecule is OB(O)c1ccc(-c2cc(-c3ccc(-c4ccccc4)cc3)cc(-c3ccccc3)n2)cc1. The molecule has 0 aliphatic heterocycles. The van der Waals surface area contributed by atoms with Gasteiger partial charge in [0.15, 0.2) is 0 Å². The van der Waals surface area contributed by atoms with Crippen LogP contribution in [0.3, 0.4) is 0 Å².